The number of rotatable bonds is 7. The number of hydrogen-bond acceptors (Lipinski definition) is 3. The molecule has 1 atom stereocenters. The van der Waals surface area contributed by atoms with Gasteiger partial charge in [0.05, 0.1) is 12.1 Å². The fourth-order valence-corrected chi connectivity index (χ4v) is 4.85. The number of halogens is 3. The first kappa shape index (κ1) is 24.9. The molecule has 1 fully saturated rings. The van der Waals surface area contributed by atoms with Crippen LogP contribution in [0.1, 0.15) is 12.0 Å². The third kappa shape index (κ3) is 5.89. The van der Waals surface area contributed by atoms with Gasteiger partial charge in [-0.1, -0.05) is 41.4 Å². The maximum Gasteiger partial charge on any atom is 0.256 e. The number of carbonyl (C=O) groups excluding carboxylic acids is 2. The number of nitrogens with one attached hydrogen (secondary N) is 1. The Hall–Kier alpha value is -2.20. The highest BCUT2D eigenvalue weighted by molar-refractivity contribution is 14.1. The number of thiocarbonyl (C=S) groups is 1. The van der Waals surface area contributed by atoms with Crippen molar-refractivity contribution in [2.75, 3.05) is 16.8 Å². The van der Waals surface area contributed by atoms with Gasteiger partial charge in [0.2, 0.25) is 5.91 Å². The largest absolute Gasteiger partial charge is 0.336 e. The Bertz CT molecular complexity index is 1220. The topological polar surface area (TPSA) is 52.7 Å². The summed E-state index contributed by atoms with van der Waals surface area (Å²) in [7, 11) is 0. The second-order valence-corrected chi connectivity index (χ2v) is 10.3. The zero-order valence-corrected chi connectivity index (χ0v) is 22.4. The van der Waals surface area contributed by atoms with Crippen LogP contribution in [0, 0.1) is 3.57 Å². The molecule has 34 heavy (non-hydrogen) atoms. The third-order valence-electron chi connectivity index (χ3n) is 5.45. The van der Waals surface area contributed by atoms with E-state index in [1.54, 1.807) is 24.3 Å². The van der Waals surface area contributed by atoms with Crippen molar-refractivity contribution in [1.82, 2.24) is 4.90 Å². The van der Waals surface area contributed by atoms with E-state index >= 15 is 0 Å². The van der Waals surface area contributed by atoms with Gasteiger partial charge in [-0.05, 0) is 101 Å². The molecule has 0 aromatic heterocycles. The van der Waals surface area contributed by atoms with Crippen molar-refractivity contribution in [1.29, 1.82) is 0 Å². The van der Waals surface area contributed by atoms with Crippen molar-refractivity contribution in [2.24, 2.45) is 0 Å². The molecule has 1 unspecified atom stereocenters. The third-order valence-corrected chi connectivity index (χ3v) is 7.07. The fourth-order valence-electron chi connectivity index (χ4n) is 3.76. The van der Waals surface area contributed by atoms with E-state index < -0.39 is 6.04 Å². The van der Waals surface area contributed by atoms with Crippen LogP contribution in [0.3, 0.4) is 0 Å². The highest BCUT2D eigenvalue weighted by atomic mass is 127. The normalized spacial score (nSPS) is 15.7. The summed E-state index contributed by atoms with van der Waals surface area (Å²) >= 11 is 20.1. The minimum absolute atomic E-state index is 0.0252. The van der Waals surface area contributed by atoms with E-state index in [4.69, 9.17) is 35.4 Å². The van der Waals surface area contributed by atoms with Gasteiger partial charge >= 0.3 is 0 Å². The number of hydrogen-bond donors (Lipinski definition) is 1. The second kappa shape index (κ2) is 11.0. The Kier molecular flexibility index (Phi) is 8.08. The molecule has 2 amide bonds. The first-order valence-electron chi connectivity index (χ1n) is 10.5. The van der Waals surface area contributed by atoms with Crippen LogP contribution in [0.2, 0.25) is 10.0 Å². The van der Waals surface area contributed by atoms with Crippen molar-refractivity contribution in [3.05, 3.63) is 92.0 Å². The van der Waals surface area contributed by atoms with E-state index in [-0.39, 0.29) is 18.2 Å². The summed E-state index contributed by atoms with van der Waals surface area (Å²) in [6, 6.07) is 21.3. The van der Waals surface area contributed by atoms with Gasteiger partial charge in [-0.3, -0.25) is 14.5 Å². The molecule has 0 radical (unpaired) electrons. The van der Waals surface area contributed by atoms with Gasteiger partial charge in [-0.15, -0.1) is 0 Å². The highest BCUT2D eigenvalue weighted by Gasteiger charge is 2.43. The first-order chi connectivity index (χ1) is 16.3. The molecule has 0 saturated carbocycles. The van der Waals surface area contributed by atoms with Crippen LogP contribution < -0.4 is 10.2 Å². The summed E-state index contributed by atoms with van der Waals surface area (Å²) in [5.74, 6) is -0.507. The summed E-state index contributed by atoms with van der Waals surface area (Å²) in [5, 5.41) is 4.39. The van der Waals surface area contributed by atoms with Gasteiger partial charge in [0.1, 0.15) is 6.04 Å². The Morgan fingerprint density at radius 2 is 1.71 bits per heavy atom. The quantitative estimate of drug-likeness (QED) is 0.253. The molecule has 5 nitrogen and oxygen atoms in total. The lowest BCUT2D eigenvalue weighted by Crippen LogP contribution is -2.39. The second-order valence-electron chi connectivity index (χ2n) is 7.78. The van der Waals surface area contributed by atoms with E-state index in [2.05, 4.69) is 27.9 Å². The van der Waals surface area contributed by atoms with E-state index in [1.165, 1.54) is 4.90 Å². The van der Waals surface area contributed by atoms with E-state index in [0.29, 0.717) is 39.5 Å². The maximum atomic E-state index is 13.5. The van der Waals surface area contributed by atoms with E-state index in [9.17, 15) is 9.59 Å². The predicted molar refractivity (Wildman–Crippen MR) is 150 cm³/mol. The lowest BCUT2D eigenvalue weighted by Gasteiger charge is -2.24. The Morgan fingerprint density at radius 1 is 1.00 bits per heavy atom. The average Bonchev–Trinajstić information content (AvgIpc) is 3.04. The molecule has 3 aromatic carbocycles. The van der Waals surface area contributed by atoms with Crippen LogP contribution in [0.5, 0.6) is 0 Å². The molecular formula is C25H20Cl2IN3O2S. The summed E-state index contributed by atoms with van der Waals surface area (Å²) in [4.78, 5) is 29.6. The van der Waals surface area contributed by atoms with Gasteiger partial charge in [-0.25, -0.2) is 0 Å². The van der Waals surface area contributed by atoms with E-state index in [1.807, 2.05) is 53.4 Å². The SMILES string of the molecule is O=C(CC1C(=O)N(c2cccc(Cl)c2)C(=S)N1CCc1ccc(Cl)cc1)Nc1ccc(I)cc1. The number of nitrogens with zero attached hydrogens (tertiary/aromatic N) is 2. The van der Waals surface area contributed by atoms with Crippen LogP contribution in [-0.2, 0) is 16.0 Å². The summed E-state index contributed by atoms with van der Waals surface area (Å²) in [6.45, 7) is 0.477. The fraction of sp³-hybridized carbons (Fsp3) is 0.160. The number of anilines is 2. The van der Waals surface area contributed by atoms with Crippen LogP contribution >= 0.6 is 58.0 Å². The van der Waals surface area contributed by atoms with Crippen molar-refractivity contribution >= 4 is 86.3 Å². The standard InChI is InChI=1S/C25H20Cl2IN3O2S/c26-17-6-4-16(5-7-17)12-13-30-22(15-23(32)29-20-10-8-19(28)9-11-20)24(33)31(25(30)34)21-3-1-2-18(27)14-21/h1-11,14,22H,12-13,15H2,(H,29,32). The van der Waals surface area contributed by atoms with Crippen molar-refractivity contribution in [2.45, 2.75) is 18.9 Å². The van der Waals surface area contributed by atoms with Crippen molar-refractivity contribution in [3.8, 4) is 0 Å². The summed E-state index contributed by atoms with van der Waals surface area (Å²) in [5.41, 5.74) is 2.32. The van der Waals surface area contributed by atoms with Crippen molar-refractivity contribution in [3.63, 3.8) is 0 Å². The van der Waals surface area contributed by atoms with Crippen LogP contribution in [-0.4, -0.2) is 34.4 Å². The highest BCUT2D eigenvalue weighted by Crippen LogP contribution is 2.29. The molecule has 0 aliphatic carbocycles. The zero-order valence-electron chi connectivity index (χ0n) is 17.9. The smallest absolute Gasteiger partial charge is 0.256 e. The summed E-state index contributed by atoms with van der Waals surface area (Å²) < 4.78 is 1.07. The Morgan fingerprint density at radius 3 is 2.38 bits per heavy atom. The molecule has 1 N–H and O–H groups in total. The minimum atomic E-state index is -0.720. The molecule has 1 aliphatic heterocycles. The lowest BCUT2D eigenvalue weighted by molar-refractivity contribution is -0.124. The Balaban J connectivity index is 1.56. The first-order valence-corrected chi connectivity index (χ1v) is 12.8. The molecule has 1 heterocycles. The average molecular weight is 624 g/mol. The van der Waals surface area contributed by atoms with Gasteiger partial charge in [0.25, 0.3) is 5.91 Å². The molecule has 4 rings (SSSR count). The van der Waals surface area contributed by atoms with Crippen molar-refractivity contribution < 1.29 is 9.59 Å². The number of amides is 2. The lowest BCUT2D eigenvalue weighted by atomic mass is 10.1. The van der Waals surface area contributed by atoms with Crippen LogP contribution in [0.15, 0.2) is 72.8 Å². The van der Waals surface area contributed by atoms with E-state index in [0.717, 1.165) is 9.13 Å². The minimum Gasteiger partial charge on any atom is -0.336 e. The predicted octanol–water partition coefficient (Wildman–Crippen LogP) is 6.17. The molecule has 1 saturated heterocycles. The van der Waals surface area contributed by atoms with Crippen LogP contribution in [0.4, 0.5) is 11.4 Å². The van der Waals surface area contributed by atoms with Gasteiger partial charge < -0.3 is 10.2 Å². The number of benzene rings is 3. The molecule has 9 heteroatoms. The molecule has 0 bridgehead atoms. The number of carbonyl (C=O) groups is 2. The molecule has 3 aromatic rings. The molecule has 174 valence electrons. The molecular weight excluding hydrogens is 604 g/mol. The molecule has 1 aliphatic rings. The molecule has 0 spiro atoms. The zero-order chi connectivity index (χ0) is 24.2. The van der Waals surface area contributed by atoms with Gasteiger partial charge in [0.15, 0.2) is 5.11 Å². The van der Waals surface area contributed by atoms with Gasteiger partial charge in [0, 0.05) is 25.8 Å². The van der Waals surface area contributed by atoms with Gasteiger partial charge in [-0.2, -0.15) is 0 Å². The monoisotopic (exact) mass is 623 g/mol. The Labute approximate surface area is 227 Å². The summed E-state index contributed by atoms with van der Waals surface area (Å²) in [6.07, 6.45) is 0.617. The van der Waals surface area contributed by atoms with Crippen LogP contribution in [0.25, 0.3) is 0 Å². The maximum absolute atomic E-state index is 13.5.